The summed E-state index contributed by atoms with van der Waals surface area (Å²) < 4.78 is 0. The quantitative estimate of drug-likeness (QED) is 0.701. The van der Waals surface area contributed by atoms with E-state index in [2.05, 4.69) is 36.7 Å². The van der Waals surface area contributed by atoms with Crippen LogP contribution < -0.4 is 16.0 Å². The number of rotatable bonds is 7. The van der Waals surface area contributed by atoms with Crippen molar-refractivity contribution in [2.45, 2.75) is 51.9 Å². The minimum absolute atomic E-state index is 0.00264. The van der Waals surface area contributed by atoms with Crippen molar-refractivity contribution < 1.29 is 9.59 Å². The summed E-state index contributed by atoms with van der Waals surface area (Å²) in [6, 6.07) is 7.66. The number of hydrogen-bond donors (Lipinski definition) is 3. The average Bonchev–Trinajstić information content (AvgIpc) is 2.62. The van der Waals surface area contributed by atoms with Crippen molar-refractivity contribution in [3.05, 3.63) is 35.4 Å². The predicted molar refractivity (Wildman–Crippen MR) is 105 cm³/mol. The smallest absolute Gasteiger partial charge is 0.251 e. The Kier molecular flexibility index (Phi) is 7.64. The molecule has 26 heavy (non-hydrogen) atoms. The zero-order chi connectivity index (χ0) is 19.0. The van der Waals surface area contributed by atoms with E-state index in [9.17, 15) is 9.59 Å². The third-order valence-electron chi connectivity index (χ3n) is 4.92. The first-order chi connectivity index (χ1) is 12.4. The van der Waals surface area contributed by atoms with E-state index in [1.165, 1.54) is 18.4 Å². The van der Waals surface area contributed by atoms with Crippen LogP contribution in [-0.2, 0) is 10.2 Å². The topological polar surface area (TPSA) is 70.2 Å². The number of hydrogen-bond acceptors (Lipinski definition) is 3. The fourth-order valence-electron chi connectivity index (χ4n) is 3.19. The lowest BCUT2D eigenvalue weighted by molar-refractivity contribution is -0.121. The highest BCUT2D eigenvalue weighted by Gasteiger charge is 2.15. The van der Waals surface area contributed by atoms with E-state index >= 15 is 0 Å². The van der Waals surface area contributed by atoms with Gasteiger partial charge in [-0.2, -0.15) is 0 Å². The second-order valence-electron chi connectivity index (χ2n) is 8.18. The molecule has 144 valence electrons. The Morgan fingerprint density at radius 2 is 1.85 bits per heavy atom. The van der Waals surface area contributed by atoms with E-state index in [1.54, 1.807) is 0 Å². The summed E-state index contributed by atoms with van der Waals surface area (Å²) in [7, 11) is 0. The first-order valence-electron chi connectivity index (χ1n) is 9.72. The molecule has 1 fully saturated rings. The summed E-state index contributed by atoms with van der Waals surface area (Å²) in [5.74, 6) is 0.531. The molecule has 5 heteroatoms. The molecule has 0 aromatic heterocycles. The summed E-state index contributed by atoms with van der Waals surface area (Å²) in [4.78, 5) is 24.0. The van der Waals surface area contributed by atoms with E-state index in [0.29, 0.717) is 31.0 Å². The van der Waals surface area contributed by atoms with Crippen LogP contribution in [-0.4, -0.2) is 38.0 Å². The van der Waals surface area contributed by atoms with Gasteiger partial charge in [0.05, 0.1) is 0 Å². The minimum atomic E-state index is -0.133. The van der Waals surface area contributed by atoms with Crippen molar-refractivity contribution in [1.82, 2.24) is 16.0 Å². The molecule has 5 nitrogen and oxygen atoms in total. The summed E-state index contributed by atoms with van der Waals surface area (Å²) in [6.07, 6.45) is 3.80. The average molecular weight is 360 g/mol. The highest BCUT2D eigenvalue weighted by Crippen LogP contribution is 2.22. The van der Waals surface area contributed by atoms with Gasteiger partial charge in [-0.05, 0) is 61.4 Å². The predicted octanol–water partition coefficient (Wildman–Crippen LogP) is 2.61. The molecule has 1 aromatic carbocycles. The molecule has 3 N–H and O–H groups in total. The highest BCUT2D eigenvalue weighted by molar-refractivity contribution is 5.94. The van der Waals surface area contributed by atoms with Crippen LogP contribution in [0.15, 0.2) is 24.3 Å². The molecule has 0 spiro atoms. The lowest BCUT2D eigenvalue weighted by Crippen LogP contribution is -2.34. The summed E-state index contributed by atoms with van der Waals surface area (Å²) in [6.45, 7) is 9.67. The summed E-state index contributed by atoms with van der Waals surface area (Å²) in [5.41, 5.74) is 1.89. The molecule has 1 saturated heterocycles. The Hall–Kier alpha value is -1.88. The molecule has 1 aliphatic rings. The van der Waals surface area contributed by atoms with Crippen LogP contribution in [0.3, 0.4) is 0 Å². The van der Waals surface area contributed by atoms with Gasteiger partial charge in [0, 0.05) is 25.1 Å². The minimum Gasteiger partial charge on any atom is -0.356 e. The maximum Gasteiger partial charge on any atom is 0.251 e. The molecule has 0 aliphatic carbocycles. The largest absolute Gasteiger partial charge is 0.356 e. The van der Waals surface area contributed by atoms with Crippen molar-refractivity contribution in [2.24, 2.45) is 5.92 Å². The van der Waals surface area contributed by atoms with Crippen molar-refractivity contribution in [3.63, 3.8) is 0 Å². The van der Waals surface area contributed by atoms with Crippen molar-refractivity contribution in [1.29, 1.82) is 0 Å². The van der Waals surface area contributed by atoms with Crippen LogP contribution in [0.25, 0.3) is 0 Å². The standard InChI is InChI=1S/C21H33N3O2/c1-21(2,3)18-8-6-17(7-9-18)20(26)24-14-11-19(25)23-13-10-16-5-4-12-22-15-16/h6-9,16,22H,4-5,10-15H2,1-3H3,(H,23,25)(H,24,26). The molecule has 1 aromatic rings. The van der Waals surface area contributed by atoms with Gasteiger partial charge in [0.2, 0.25) is 5.91 Å². The number of piperidine rings is 1. The zero-order valence-electron chi connectivity index (χ0n) is 16.4. The fraction of sp³-hybridized carbons (Fsp3) is 0.619. The second kappa shape index (κ2) is 9.72. The third-order valence-corrected chi connectivity index (χ3v) is 4.92. The van der Waals surface area contributed by atoms with Gasteiger partial charge in [-0.1, -0.05) is 32.9 Å². The van der Waals surface area contributed by atoms with Crippen LogP contribution in [0.2, 0.25) is 0 Å². The highest BCUT2D eigenvalue weighted by atomic mass is 16.2. The van der Waals surface area contributed by atoms with Gasteiger partial charge in [-0.15, -0.1) is 0 Å². The Balaban J connectivity index is 1.63. The lowest BCUT2D eigenvalue weighted by Gasteiger charge is -2.22. The zero-order valence-corrected chi connectivity index (χ0v) is 16.4. The van der Waals surface area contributed by atoms with Crippen molar-refractivity contribution >= 4 is 11.8 Å². The molecular formula is C21H33N3O2. The molecule has 1 unspecified atom stereocenters. The van der Waals surface area contributed by atoms with Gasteiger partial charge in [-0.3, -0.25) is 9.59 Å². The molecule has 0 saturated carbocycles. The van der Waals surface area contributed by atoms with Gasteiger partial charge in [-0.25, -0.2) is 0 Å². The van der Waals surface area contributed by atoms with Gasteiger partial charge in [0.15, 0.2) is 0 Å². The third kappa shape index (κ3) is 6.79. The molecule has 0 bridgehead atoms. The fourth-order valence-corrected chi connectivity index (χ4v) is 3.19. The van der Waals surface area contributed by atoms with E-state index < -0.39 is 0 Å². The second-order valence-corrected chi connectivity index (χ2v) is 8.18. The number of amides is 2. The molecule has 2 rings (SSSR count). The molecule has 1 heterocycles. The Bertz CT molecular complexity index is 584. The van der Waals surface area contributed by atoms with Crippen LogP contribution in [0, 0.1) is 5.92 Å². The van der Waals surface area contributed by atoms with Crippen LogP contribution in [0.4, 0.5) is 0 Å². The van der Waals surface area contributed by atoms with Crippen LogP contribution in [0.1, 0.15) is 62.4 Å². The van der Waals surface area contributed by atoms with Gasteiger partial charge in [0.25, 0.3) is 5.91 Å². The van der Waals surface area contributed by atoms with Gasteiger partial charge >= 0.3 is 0 Å². The molecular weight excluding hydrogens is 326 g/mol. The van der Waals surface area contributed by atoms with Crippen LogP contribution in [0.5, 0.6) is 0 Å². The monoisotopic (exact) mass is 359 g/mol. The molecule has 2 amide bonds. The summed E-state index contributed by atoms with van der Waals surface area (Å²) >= 11 is 0. The van der Waals surface area contributed by atoms with Crippen molar-refractivity contribution in [3.8, 4) is 0 Å². The maximum atomic E-state index is 12.2. The number of benzene rings is 1. The Morgan fingerprint density at radius 1 is 1.12 bits per heavy atom. The van der Waals surface area contributed by atoms with E-state index in [4.69, 9.17) is 0 Å². The van der Waals surface area contributed by atoms with E-state index in [1.807, 2.05) is 24.3 Å². The number of carbonyl (C=O) groups excluding carboxylic acids is 2. The van der Waals surface area contributed by atoms with Gasteiger partial charge < -0.3 is 16.0 Å². The molecule has 0 radical (unpaired) electrons. The van der Waals surface area contributed by atoms with Crippen molar-refractivity contribution in [2.75, 3.05) is 26.2 Å². The molecule has 1 aliphatic heterocycles. The first-order valence-corrected chi connectivity index (χ1v) is 9.72. The number of nitrogens with one attached hydrogen (secondary N) is 3. The summed E-state index contributed by atoms with van der Waals surface area (Å²) in [5, 5.41) is 9.15. The Morgan fingerprint density at radius 3 is 2.46 bits per heavy atom. The van der Waals surface area contributed by atoms with E-state index in [-0.39, 0.29) is 17.2 Å². The first kappa shape index (κ1) is 20.4. The normalized spacial score (nSPS) is 17.6. The maximum absolute atomic E-state index is 12.2. The molecule has 1 atom stereocenters. The van der Waals surface area contributed by atoms with Crippen LogP contribution >= 0.6 is 0 Å². The number of carbonyl (C=O) groups is 2. The Labute approximate surface area is 157 Å². The SMILES string of the molecule is CC(C)(C)c1ccc(C(=O)NCCC(=O)NCCC2CCCNC2)cc1. The van der Waals surface area contributed by atoms with Gasteiger partial charge in [0.1, 0.15) is 0 Å². The lowest BCUT2D eigenvalue weighted by atomic mass is 9.87. The van der Waals surface area contributed by atoms with E-state index in [0.717, 1.165) is 19.5 Å².